The van der Waals surface area contributed by atoms with Gasteiger partial charge in [0.15, 0.2) is 5.78 Å². The first-order chi connectivity index (χ1) is 12.6. The van der Waals surface area contributed by atoms with Crippen LogP contribution in [0.5, 0.6) is 0 Å². The Bertz CT molecular complexity index is 992. The highest BCUT2D eigenvalue weighted by Crippen LogP contribution is 2.16. The number of nitrogens with zero attached hydrogens (tertiary/aromatic N) is 1. The lowest BCUT2D eigenvalue weighted by Gasteiger charge is -2.12. The van der Waals surface area contributed by atoms with Crippen LogP contribution < -0.4 is 5.56 Å². The van der Waals surface area contributed by atoms with Crippen LogP contribution >= 0.6 is 0 Å². The summed E-state index contributed by atoms with van der Waals surface area (Å²) in [6.45, 7) is 1.82. The molecule has 0 atom stereocenters. The molecule has 0 unspecified atom stereocenters. The standard InChI is InChI=1S/C21H17NO4/c1-2-26-21(25)17-13-19(23)22(16-11-7-4-8-12-16)14-18(17)20(24)15-9-5-3-6-10-15/h3-14H,2H2,1H3. The van der Waals surface area contributed by atoms with Gasteiger partial charge >= 0.3 is 5.97 Å². The number of ketones is 1. The lowest BCUT2D eigenvalue weighted by molar-refractivity contribution is 0.0523. The molecule has 0 aliphatic heterocycles. The van der Waals surface area contributed by atoms with E-state index >= 15 is 0 Å². The Balaban J connectivity index is 2.20. The molecule has 0 amide bonds. The third-order valence-corrected chi connectivity index (χ3v) is 3.86. The number of hydrogen-bond acceptors (Lipinski definition) is 4. The lowest BCUT2D eigenvalue weighted by atomic mass is 10.00. The van der Waals surface area contributed by atoms with Crippen molar-refractivity contribution in [3.63, 3.8) is 0 Å². The van der Waals surface area contributed by atoms with Crippen molar-refractivity contribution in [2.24, 2.45) is 0 Å². The summed E-state index contributed by atoms with van der Waals surface area (Å²) in [5.41, 5.74) is 0.714. The summed E-state index contributed by atoms with van der Waals surface area (Å²) in [4.78, 5) is 37.7. The van der Waals surface area contributed by atoms with E-state index in [0.717, 1.165) is 6.07 Å². The van der Waals surface area contributed by atoms with E-state index in [2.05, 4.69) is 0 Å². The van der Waals surface area contributed by atoms with Gasteiger partial charge in [-0.05, 0) is 19.1 Å². The first-order valence-corrected chi connectivity index (χ1v) is 8.21. The number of esters is 1. The molecular formula is C21H17NO4. The molecule has 1 aromatic heterocycles. The summed E-state index contributed by atoms with van der Waals surface area (Å²) >= 11 is 0. The van der Waals surface area contributed by atoms with Crippen LogP contribution in [0.2, 0.25) is 0 Å². The predicted molar refractivity (Wildman–Crippen MR) is 97.9 cm³/mol. The van der Waals surface area contributed by atoms with Crippen molar-refractivity contribution in [2.75, 3.05) is 6.61 Å². The molecule has 0 aliphatic carbocycles. The van der Waals surface area contributed by atoms with Crippen LogP contribution in [0, 0.1) is 0 Å². The number of carbonyl (C=O) groups is 2. The molecule has 5 heteroatoms. The smallest absolute Gasteiger partial charge is 0.339 e. The van der Waals surface area contributed by atoms with Crippen LogP contribution in [-0.4, -0.2) is 22.9 Å². The summed E-state index contributed by atoms with van der Waals surface area (Å²) in [6, 6.07) is 18.7. The number of ether oxygens (including phenoxy) is 1. The maximum atomic E-state index is 12.9. The van der Waals surface area contributed by atoms with E-state index in [0.29, 0.717) is 11.3 Å². The molecule has 1 heterocycles. The Kier molecular flexibility index (Phi) is 5.08. The highest BCUT2D eigenvalue weighted by atomic mass is 16.5. The van der Waals surface area contributed by atoms with Gasteiger partial charge in [-0.3, -0.25) is 14.2 Å². The minimum atomic E-state index is -0.691. The largest absolute Gasteiger partial charge is 0.462 e. The van der Waals surface area contributed by atoms with E-state index in [1.165, 1.54) is 10.8 Å². The third kappa shape index (κ3) is 3.47. The maximum Gasteiger partial charge on any atom is 0.339 e. The second-order valence-electron chi connectivity index (χ2n) is 5.56. The lowest BCUT2D eigenvalue weighted by Crippen LogP contribution is -2.24. The van der Waals surface area contributed by atoms with Gasteiger partial charge in [0.1, 0.15) is 0 Å². The molecule has 3 rings (SSSR count). The van der Waals surface area contributed by atoms with Crippen molar-refractivity contribution < 1.29 is 14.3 Å². The Labute approximate surface area is 150 Å². The summed E-state index contributed by atoms with van der Waals surface area (Å²) in [7, 11) is 0. The minimum absolute atomic E-state index is 0.0297. The van der Waals surface area contributed by atoms with Gasteiger partial charge in [0, 0.05) is 23.5 Å². The van der Waals surface area contributed by atoms with Crippen molar-refractivity contribution in [1.29, 1.82) is 0 Å². The zero-order valence-electron chi connectivity index (χ0n) is 14.2. The van der Waals surface area contributed by atoms with Gasteiger partial charge in [-0.2, -0.15) is 0 Å². The Hall–Kier alpha value is -3.47. The molecule has 0 aliphatic rings. The second-order valence-corrected chi connectivity index (χ2v) is 5.56. The molecule has 0 saturated heterocycles. The molecule has 0 fully saturated rings. The number of para-hydroxylation sites is 1. The zero-order valence-corrected chi connectivity index (χ0v) is 14.2. The molecule has 0 bridgehead atoms. The first kappa shape index (κ1) is 17.4. The van der Waals surface area contributed by atoms with Gasteiger partial charge in [-0.25, -0.2) is 4.79 Å². The molecule has 130 valence electrons. The van der Waals surface area contributed by atoms with Crippen molar-refractivity contribution >= 4 is 11.8 Å². The van der Waals surface area contributed by atoms with Crippen molar-refractivity contribution in [1.82, 2.24) is 4.57 Å². The van der Waals surface area contributed by atoms with E-state index in [1.807, 2.05) is 6.07 Å². The Morgan fingerprint density at radius 1 is 0.923 bits per heavy atom. The zero-order chi connectivity index (χ0) is 18.5. The molecule has 0 saturated carbocycles. The van der Waals surface area contributed by atoms with E-state index in [1.54, 1.807) is 61.5 Å². The van der Waals surface area contributed by atoms with Gasteiger partial charge in [-0.1, -0.05) is 48.5 Å². The fourth-order valence-electron chi connectivity index (χ4n) is 2.63. The van der Waals surface area contributed by atoms with Crippen molar-refractivity contribution in [2.45, 2.75) is 6.92 Å². The fourth-order valence-corrected chi connectivity index (χ4v) is 2.63. The normalized spacial score (nSPS) is 10.3. The SMILES string of the molecule is CCOC(=O)c1cc(=O)n(-c2ccccc2)cc1C(=O)c1ccccc1. The molecule has 5 nitrogen and oxygen atoms in total. The fraction of sp³-hybridized carbons (Fsp3) is 0.0952. The van der Waals surface area contributed by atoms with Crippen LogP contribution in [-0.2, 0) is 4.74 Å². The average Bonchev–Trinajstić information content (AvgIpc) is 2.68. The number of hydrogen-bond donors (Lipinski definition) is 0. The average molecular weight is 347 g/mol. The van der Waals surface area contributed by atoms with Gasteiger partial charge in [0.05, 0.1) is 17.7 Å². The van der Waals surface area contributed by atoms with E-state index in [-0.39, 0.29) is 23.5 Å². The molecule has 0 radical (unpaired) electrons. The summed E-state index contributed by atoms with van der Waals surface area (Å²) in [5, 5.41) is 0. The van der Waals surface area contributed by atoms with Gasteiger partial charge < -0.3 is 4.74 Å². The van der Waals surface area contributed by atoms with Gasteiger partial charge in [0.2, 0.25) is 0 Å². The number of carbonyl (C=O) groups excluding carboxylic acids is 2. The third-order valence-electron chi connectivity index (χ3n) is 3.86. The highest BCUT2D eigenvalue weighted by molar-refractivity contribution is 6.14. The number of pyridine rings is 1. The number of rotatable bonds is 5. The quantitative estimate of drug-likeness (QED) is 0.525. The van der Waals surface area contributed by atoms with Crippen LogP contribution in [0.15, 0.2) is 77.7 Å². The number of aromatic nitrogens is 1. The van der Waals surface area contributed by atoms with Crippen molar-refractivity contribution in [3.8, 4) is 5.69 Å². The van der Waals surface area contributed by atoms with Crippen LogP contribution in [0.25, 0.3) is 5.69 Å². The Morgan fingerprint density at radius 3 is 2.15 bits per heavy atom. The van der Waals surface area contributed by atoms with E-state index < -0.39 is 11.5 Å². The molecule has 26 heavy (non-hydrogen) atoms. The van der Waals surface area contributed by atoms with E-state index in [4.69, 9.17) is 4.74 Å². The topological polar surface area (TPSA) is 65.4 Å². The first-order valence-electron chi connectivity index (χ1n) is 8.21. The molecule has 0 N–H and O–H groups in total. The molecular weight excluding hydrogens is 330 g/mol. The minimum Gasteiger partial charge on any atom is -0.462 e. The van der Waals surface area contributed by atoms with Crippen molar-refractivity contribution in [3.05, 3.63) is 100.0 Å². The van der Waals surface area contributed by atoms with Crippen LogP contribution in [0.1, 0.15) is 33.2 Å². The van der Waals surface area contributed by atoms with Gasteiger partial charge in [-0.15, -0.1) is 0 Å². The highest BCUT2D eigenvalue weighted by Gasteiger charge is 2.22. The van der Waals surface area contributed by atoms with E-state index in [9.17, 15) is 14.4 Å². The molecule has 2 aromatic carbocycles. The maximum absolute atomic E-state index is 12.9. The summed E-state index contributed by atoms with van der Waals surface area (Å²) in [6.07, 6.45) is 1.40. The van der Waals surface area contributed by atoms with Crippen LogP contribution in [0.3, 0.4) is 0 Å². The second kappa shape index (κ2) is 7.61. The summed E-state index contributed by atoms with van der Waals surface area (Å²) in [5.74, 6) is -1.04. The van der Waals surface area contributed by atoms with Gasteiger partial charge in [0.25, 0.3) is 5.56 Å². The molecule has 3 aromatic rings. The summed E-state index contributed by atoms with van der Waals surface area (Å²) < 4.78 is 6.36. The number of benzene rings is 2. The monoisotopic (exact) mass is 347 g/mol. The van der Waals surface area contributed by atoms with Crippen LogP contribution in [0.4, 0.5) is 0 Å². The Morgan fingerprint density at radius 2 is 1.54 bits per heavy atom. The molecule has 0 spiro atoms. The predicted octanol–water partition coefficient (Wildman–Crippen LogP) is 3.25.